The second-order valence-corrected chi connectivity index (χ2v) is 3.96. The van der Waals surface area contributed by atoms with Crippen LogP contribution in [0.25, 0.3) is 0 Å². The summed E-state index contributed by atoms with van der Waals surface area (Å²) in [7, 11) is -0.914. The molecule has 0 heterocycles. The van der Waals surface area contributed by atoms with Gasteiger partial charge in [-0.1, -0.05) is 18.3 Å². The average Bonchev–Trinajstić information content (AvgIpc) is 1.83. The molecule has 2 heteroatoms. The zero-order valence-electron chi connectivity index (χ0n) is 5.35. The fraction of sp³-hybridized carbons (Fsp3) is 0.333. The molecule has 8 heavy (non-hydrogen) atoms. The van der Waals surface area contributed by atoms with Crippen LogP contribution in [-0.4, -0.2) is 15.5 Å². The number of rotatable bonds is 4. The maximum atomic E-state index is 3.68. The molecule has 0 radical (unpaired) electrons. The summed E-state index contributed by atoms with van der Waals surface area (Å²) >= 11 is 0. The average molecular weight is 127 g/mol. The third kappa shape index (κ3) is 2.77. The highest BCUT2D eigenvalue weighted by Gasteiger charge is 1.93. The highest BCUT2D eigenvalue weighted by atomic mass is 28.3. The summed E-state index contributed by atoms with van der Waals surface area (Å²) in [5, 5.41) is 0. The highest BCUT2D eigenvalue weighted by molar-refractivity contribution is 6.66. The van der Waals surface area contributed by atoms with Crippen molar-refractivity contribution in [3.63, 3.8) is 0 Å². The quantitative estimate of drug-likeness (QED) is 0.550. The molecule has 0 aliphatic rings. The lowest BCUT2D eigenvalue weighted by atomic mass is 10.8. The van der Waals surface area contributed by atoms with Gasteiger partial charge in [-0.15, -0.1) is 13.2 Å². The van der Waals surface area contributed by atoms with Crippen molar-refractivity contribution in [2.75, 3.05) is 6.54 Å². The van der Waals surface area contributed by atoms with E-state index in [1.165, 1.54) is 0 Å². The summed E-state index contributed by atoms with van der Waals surface area (Å²) in [4.78, 5) is 3.28. The smallest absolute Gasteiger partial charge is 0.157 e. The van der Waals surface area contributed by atoms with Crippen LogP contribution in [0.4, 0.5) is 0 Å². The first kappa shape index (κ1) is 7.66. The summed E-state index contributed by atoms with van der Waals surface area (Å²) < 4.78 is 0. The van der Waals surface area contributed by atoms with E-state index in [0.29, 0.717) is 0 Å². The second kappa shape index (κ2) is 4.81. The number of hydrogen-bond donors (Lipinski definition) is 1. The zero-order valence-corrected chi connectivity index (χ0v) is 6.51. The molecule has 0 bridgehead atoms. The van der Waals surface area contributed by atoms with Crippen molar-refractivity contribution >= 4 is 8.96 Å². The monoisotopic (exact) mass is 127 g/mol. The van der Waals surface area contributed by atoms with E-state index >= 15 is 0 Å². The molecule has 0 aromatic rings. The summed E-state index contributed by atoms with van der Waals surface area (Å²) in [6, 6.07) is 0. The predicted octanol–water partition coefficient (Wildman–Crippen LogP) is 0.770. The van der Waals surface area contributed by atoms with Gasteiger partial charge in [0.15, 0.2) is 8.96 Å². The molecule has 0 aliphatic carbocycles. The third-order valence-electron chi connectivity index (χ3n) is 0.948. The van der Waals surface area contributed by atoms with Gasteiger partial charge >= 0.3 is 0 Å². The van der Waals surface area contributed by atoms with Crippen LogP contribution in [0, 0.1) is 0 Å². The van der Waals surface area contributed by atoms with Gasteiger partial charge in [0.05, 0.1) is 0 Å². The molecule has 0 rings (SSSR count). The van der Waals surface area contributed by atoms with Gasteiger partial charge in [0, 0.05) is 0 Å². The van der Waals surface area contributed by atoms with E-state index in [-0.39, 0.29) is 0 Å². The Morgan fingerprint density at radius 2 is 2.00 bits per heavy atom. The van der Waals surface area contributed by atoms with Crippen molar-refractivity contribution in [3.8, 4) is 0 Å². The molecule has 0 amide bonds. The van der Waals surface area contributed by atoms with Crippen LogP contribution in [0.5, 0.6) is 0 Å². The Labute approximate surface area is 52.8 Å². The molecule has 1 N–H and O–H groups in total. The fourth-order valence-electron chi connectivity index (χ4n) is 0.499. The molecule has 1 nitrogen and oxygen atoms in total. The summed E-state index contributed by atoms with van der Waals surface area (Å²) in [5.41, 5.74) is 3.94. The Bertz CT molecular complexity index is 72.6. The molecule has 0 unspecified atom stereocenters. The van der Waals surface area contributed by atoms with E-state index in [1.807, 2.05) is 11.4 Å². The van der Waals surface area contributed by atoms with Crippen LogP contribution in [-0.2, 0) is 0 Å². The van der Waals surface area contributed by atoms with Crippen LogP contribution in [0.3, 0.4) is 0 Å². The van der Waals surface area contributed by atoms with Crippen LogP contribution in [0.1, 0.15) is 6.92 Å². The standard InChI is InChI=1S/C6H13NSi/c1-4-7-8(5-2)6-3/h5-8H,2-4H2,1H3. The van der Waals surface area contributed by atoms with Crippen molar-refractivity contribution in [3.05, 3.63) is 24.6 Å². The van der Waals surface area contributed by atoms with Gasteiger partial charge in [-0.25, -0.2) is 0 Å². The second-order valence-electron chi connectivity index (χ2n) is 1.55. The Morgan fingerprint density at radius 3 is 2.12 bits per heavy atom. The largest absolute Gasteiger partial charge is 0.334 e. The van der Waals surface area contributed by atoms with Gasteiger partial charge in [-0.2, -0.15) is 0 Å². The fourth-order valence-corrected chi connectivity index (χ4v) is 1.50. The van der Waals surface area contributed by atoms with Gasteiger partial charge in [0.2, 0.25) is 0 Å². The minimum atomic E-state index is -0.914. The van der Waals surface area contributed by atoms with Crippen LogP contribution < -0.4 is 4.98 Å². The summed E-state index contributed by atoms with van der Waals surface area (Å²) in [6.45, 7) is 10.5. The normalized spacial score (nSPS) is 9.25. The van der Waals surface area contributed by atoms with Crippen molar-refractivity contribution in [1.29, 1.82) is 0 Å². The Morgan fingerprint density at radius 1 is 1.50 bits per heavy atom. The van der Waals surface area contributed by atoms with Crippen LogP contribution in [0.2, 0.25) is 0 Å². The lowest BCUT2D eigenvalue weighted by Gasteiger charge is -2.02. The molecule has 0 saturated heterocycles. The minimum Gasteiger partial charge on any atom is -0.334 e. The van der Waals surface area contributed by atoms with E-state index in [2.05, 4.69) is 25.1 Å². The van der Waals surface area contributed by atoms with Gasteiger partial charge in [-0.05, 0) is 6.54 Å². The van der Waals surface area contributed by atoms with Gasteiger partial charge in [-0.3, -0.25) is 0 Å². The van der Waals surface area contributed by atoms with E-state index in [4.69, 9.17) is 0 Å². The predicted molar refractivity (Wildman–Crippen MR) is 41.2 cm³/mol. The van der Waals surface area contributed by atoms with Crippen molar-refractivity contribution in [2.24, 2.45) is 0 Å². The molecule has 0 atom stereocenters. The van der Waals surface area contributed by atoms with Crippen LogP contribution >= 0.6 is 0 Å². The van der Waals surface area contributed by atoms with Gasteiger partial charge < -0.3 is 4.98 Å². The third-order valence-corrected chi connectivity index (χ3v) is 2.84. The topological polar surface area (TPSA) is 12.0 Å². The molecule has 0 fully saturated rings. The molecular weight excluding hydrogens is 114 g/mol. The molecule has 0 aromatic carbocycles. The Kier molecular flexibility index (Phi) is 4.60. The Hall–Kier alpha value is -0.343. The summed E-state index contributed by atoms with van der Waals surface area (Å²) in [6.07, 6.45) is 0. The molecule has 46 valence electrons. The summed E-state index contributed by atoms with van der Waals surface area (Å²) in [5.74, 6) is 0. The number of hydrogen-bond acceptors (Lipinski definition) is 1. The van der Waals surface area contributed by atoms with E-state index < -0.39 is 8.96 Å². The van der Waals surface area contributed by atoms with Crippen molar-refractivity contribution in [1.82, 2.24) is 4.98 Å². The molecular formula is C6H13NSi. The lowest BCUT2D eigenvalue weighted by molar-refractivity contribution is 0.999. The molecule has 0 saturated carbocycles. The van der Waals surface area contributed by atoms with Crippen LogP contribution in [0.15, 0.2) is 24.6 Å². The molecule has 0 aliphatic heterocycles. The highest BCUT2D eigenvalue weighted by Crippen LogP contribution is 1.76. The first-order valence-electron chi connectivity index (χ1n) is 2.83. The van der Waals surface area contributed by atoms with Crippen molar-refractivity contribution < 1.29 is 0 Å². The Balaban J connectivity index is 3.35. The first-order valence-corrected chi connectivity index (χ1v) is 4.74. The van der Waals surface area contributed by atoms with E-state index in [0.717, 1.165) is 6.54 Å². The molecule has 0 aromatic heterocycles. The number of nitrogens with one attached hydrogen (secondary N) is 1. The van der Waals surface area contributed by atoms with Gasteiger partial charge in [0.1, 0.15) is 0 Å². The van der Waals surface area contributed by atoms with E-state index in [9.17, 15) is 0 Å². The SMILES string of the molecule is C=C[SiH](C=C)NCC. The van der Waals surface area contributed by atoms with Gasteiger partial charge in [0.25, 0.3) is 0 Å². The maximum Gasteiger partial charge on any atom is 0.157 e. The first-order chi connectivity index (χ1) is 3.85. The lowest BCUT2D eigenvalue weighted by Crippen LogP contribution is -2.29. The maximum absolute atomic E-state index is 3.68. The minimum absolute atomic E-state index is 0.914. The van der Waals surface area contributed by atoms with E-state index in [1.54, 1.807) is 0 Å². The molecule has 0 spiro atoms. The zero-order chi connectivity index (χ0) is 6.41. The van der Waals surface area contributed by atoms with Crippen molar-refractivity contribution in [2.45, 2.75) is 6.92 Å².